The van der Waals surface area contributed by atoms with Gasteiger partial charge in [-0.05, 0) is 24.3 Å². The molecule has 6 nitrogen and oxygen atoms in total. The summed E-state index contributed by atoms with van der Waals surface area (Å²) in [6.07, 6.45) is 0. The number of carbonyl (C=O) groups is 1. The zero-order chi connectivity index (χ0) is 15.6. The maximum absolute atomic E-state index is 13.8. The first kappa shape index (κ1) is 14.7. The van der Waals surface area contributed by atoms with Crippen molar-refractivity contribution in [2.75, 3.05) is 5.32 Å². The minimum Gasteiger partial charge on any atom is -0.478 e. The van der Waals surface area contributed by atoms with Crippen molar-refractivity contribution < 1.29 is 19.2 Å². The Labute approximate surface area is 122 Å². The molecule has 8 heteroatoms. The molecule has 2 aromatic rings. The number of benzene rings is 2. The van der Waals surface area contributed by atoms with Gasteiger partial charge in [0.2, 0.25) is 0 Å². The molecule has 0 aliphatic rings. The van der Waals surface area contributed by atoms with Gasteiger partial charge in [0.15, 0.2) is 0 Å². The van der Waals surface area contributed by atoms with Crippen molar-refractivity contribution in [2.24, 2.45) is 0 Å². The molecule has 0 unspecified atom stereocenters. The highest BCUT2D eigenvalue weighted by Gasteiger charge is 2.12. The van der Waals surface area contributed by atoms with Gasteiger partial charge in [0.1, 0.15) is 5.82 Å². The van der Waals surface area contributed by atoms with Crippen LogP contribution in [0.3, 0.4) is 0 Å². The number of carboxylic acids is 1. The first-order valence-electron chi connectivity index (χ1n) is 5.62. The molecule has 2 rings (SSSR count). The van der Waals surface area contributed by atoms with E-state index in [4.69, 9.17) is 16.7 Å². The third kappa shape index (κ3) is 3.26. The van der Waals surface area contributed by atoms with E-state index in [0.717, 1.165) is 12.1 Å². The number of hydrogen-bond donors (Lipinski definition) is 2. The standard InChI is InChI=1S/C13H8ClFN2O4/c14-9-6-8(17(20)21)2-4-11(9)16-12-3-1-7(13(18)19)5-10(12)15/h1-6,16H,(H,18,19). The SMILES string of the molecule is O=C(O)c1ccc(Nc2ccc([N+](=O)[O-])cc2Cl)c(F)c1. The largest absolute Gasteiger partial charge is 0.478 e. The summed E-state index contributed by atoms with van der Waals surface area (Å²) in [4.78, 5) is 20.7. The lowest BCUT2D eigenvalue weighted by Gasteiger charge is -2.09. The van der Waals surface area contributed by atoms with Crippen LogP contribution in [0.15, 0.2) is 36.4 Å². The summed E-state index contributed by atoms with van der Waals surface area (Å²) in [5, 5.41) is 22.0. The quantitative estimate of drug-likeness (QED) is 0.661. The molecule has 0 spiro atoms. The first-order chi connectivity index (χ1) is 9.88. The zero-order valence-corrected chi connectivity index (χ0v) is 11.1. The number of non-ortho nitro benzene ring substituents is 1. The number of nitro groups is 1. The number of nitrogens with zero attached hydrogens (tertiary/aromatic N) is 1. The molecular formula is C13H8ClFN2O4. The summed E-state index contributed by atoms with van der Waals surface area (Å²) >= 11 is 5.87. The number of nitrogens with one attached hydrogen (secondary N) is 1. The number of nitro benzene ring substituents is 1. The fourth-order valence-corrected chi connectivity index (χ4v) is 1.84. The Morgan fingerprint density at radius 3 is 2.43 bits per heavy atom. The molecule has 0 aliphatic heterocycles. The summed E-state index contributed by atoms with van der Waals surface area (Å²) in [5.74, 6) is -2.02. The maximum Gasteiger partial charge on any atom is 0.335 e. The van der Waals surface area contributed by atoms with Crippen LogP contribution in [0.2, 0.25) is 5.02 Å². The van der Waals surface area contributed by atoms with Gasteiger partial charge in [-0.3, -0.25) is 10.1 Å². The smallest absolute Gasteiger partial charge is 0.335 e. The van der Waals surface area contributed by atoms with Gasteiger partial charge in [0, 0.05) is 12.1 Å². The van der Waals surface area contributed by atoms with Gasteiger partial charge in [0.25, 0.3) is 5.69 Å². The van der Waals surface area contributed by atoms with E-state index in [0.29, 0.717) is 0 Å². The molecule has 0 atom stereocenters. The summed E-state index contributed by atoms with van der Waals surface area (Å²) in [6.45, 7) is 0. The highest BCUT2D eigenvalue weighted by molar-refractivity contribution is 6.33. The Bertz CT molecular complexity index is 675. The van der Waals surface area contributed by atoms with Gasteiger partial charge in [-0.25, -0.2) is 9.18 Å². The average molecular weight is 311 g/mol. The number of rotatable bonds is 4. The predicted molar refractivity (Wildman–Crippen MR) is 74.7 cm³/mol. The lowest BCUT2D eigenvalue weighted by molar-refractivity contribution is -0.384. The normalized spacial score (nSPS) is 10.2. The van der Waals surface area contributed by atoms with E-state index < -0.39 is 16.7 Å². The van der Waals surface area contributed by atoms with Gasteiger partial charge < -0.3 is 10.4 Å². The lowest BCUT2D eigenvalue weighted by Crippen LogP contribution is -2.00. The Kier molecular flexibility index (Phi) is 4.04. The van der Waals surface area contributed by atoms with Gasteiger partial charge in [-0.1, -0.05) is 11.6 Å². The van der Waals surface area contributed by atoms with Crippen LogP contribution in [-0.2, 0) is 0 Å². The fourth-order valence-electron chi connectivity index (χ4n) is 1.61. The summed E-state index contributed by atoms with van der Waals surface area (Å²) in [6, 6.07) is 7.03. The zero-order valence-electron chi connectivity index (χ0n) is 10.3. The fraction of sp³-hybridized carbons (Fsp3) is 0. The molecule has 2 N–H and O–H groups in total. The van der Waals surface area contributed by atoms with Crippen molar-refractivity contribution in [1.29, 1.82) is 0 Å². The molecular weight excluding hydrogens is 303 g/mol. The van der Waals surface area contributed by atoms with Crippen LogP contribution in [0.5, 0.6) is 0 Å². The van der Waals surface area contributed by atoms with Crippen molar-refractivity contribution in [3.63, 3.8) is 0 Å². The van der Waals surface area contributed by atoms with Crippen molar-refractivity contribution in [3.8, 4) is 0 Å². The Morgan fingerprint density at radius 2 is 1.90 bits per heavy atom. The minimum atomic E-state index is -1.24. The summed E-state index contributed by atoms with van der Waals surface area (Å²) in [5.41, 5.74) is -0.0971. The third-order valence-corrected chi connectivity index (χ3v) is 2.96. The molecule has 0 aromatic heterocycles. The van der Waals surface area contributed by atoms with Crippen LogP contribution in [0, 0.1) is 15.9 Å². The van der Waals surface area contributed by atoms with Crippen molar-refractivity contribution in [3.05, 3.63) is 62.9 Å². The minimum absolute atomic E-state index is 0.00996. The highest BCUT2D eigenvalue weighted by Crippen LogP contribution is 2.30. The van der Waals surface area contributed by atoms with Crippen LogP contribution >= 0.6 is 11.6 Å². The summed E-state index contributed by atoms with van der Waals surface area (Å²) < 4.78 is 13.8. The molecule has 0 saturated carbocycles. The number of anilines is 2. The molecule has 0 amide bonds. The summed E-state index contributed by atoms with van der Waals surface area (Å²) in [7, 11) is 0. The number of halogens is 2. The molecule has 0 saturated heterocycles. The lowest BCUT2D eigenvalue weighted by atomic mass is 10.2. The second kappa shape index (κ2) is 5.76. The van der Waals surface area contributed by atoms with Crippen molar-refractivity contribution in [2.45, 2.75) is 0 Å². The molecule has 0 heterocycles. The molecule has 21 heavy (non-hydrogen) atoms. The second-order valence-electron chi connectivity index (χ2n) is 4.05. The Morgan fingerprint density at radius 1 is 1.24 bits per heavy atom. The number of hydrogen-bond acceptors (Lipinski definition) is 4. The molecule has 0 bridgehead atoms. The van der Waals surface area contributed by atoms with E-state index in [-0.39, 0.29) is 27.6 Å². The van der Waals surface area contributed by atoms with Gasteiger partial charge >= 0.3 is 5.97 Å². The highest BCUT2D eigenvalue weighted by atomic mass is 35.5. The number of carboxylic acid groups (broad SMARTS) is 1. The van der Waals surface area contributed by atoms with Gasteiger partial charge in [0.05, 0.1) is 26.9 Å². The predicted octanol–water partition coefficient (Wildman–Crippen LogP) is 3.83. The monoisotopic (exact) mass is 310 g/mol. The molecule has 0 radical (unpaired) electrons. The maximum atomic E-state index is 13.8. The van der Waals surface area contributed by atoms with E-state index >= 15 is 0 Å². The van der Waals surface area contributed by atoms with E-state index in [1.54, 1.807) is 0 Å². The molecule has 0 aliphatic carbocycles. The van der Waals surface area contributed by atoms with E-state index in [2.05, 4.69) is 5.32 Å². The third-order valence-electron chi connectivity index (χ3n) is 2.65. The first-order valence-corrected chi connectivity index (χ1v) is 6.00. The van der Waals surface area contributed by atoms with Crippen LogP contribution < -0.4 is 5.32 Å². The Hall–Kier alpha value is -2.67. The Balaban J connectivity index is 2.30. The van der Waals surface area contributed by atoms with Crippen LogP contribution in [-0.4, -0.2) is 16.0 Å². The topological polar surface area (TPSA) is 92.5 Å². The average Bonchev–Trinajstić information content (AvgIpc) is 2.42. The number of aromatic carboxylic acids is 1. The van der Waals surface area contributed by atoms with Crippen LogP contribution in [0.25, 0.3) is 0 Å². The van der Waals surface area contributed by atoms with E-state index in [1.807, 2.05) is 0 Å². The van der Waals surface area contributed by atoms with Crippen LogP contribution in [0.4, 0.5) is 21.5 Å². The molecule has 0 fully saturated rings. The van der Waals surface area contributed by atoms with E-state index in [1.165, 1.54) is 24.3 Å². The van der Waals surface area contributed by atoms with Crippen molar-refractivity contribution >= 4 is 34.6 Å². The van der Waals surface area contributed by atoms with Crippen molar-refractivity contribution in [1.82, 2.24) is 0 Å². The second-order valence-corrected chi connectivity index (χ2v) is 4.45. The van der Waals surface area contributed by atoms with Crippen LogP contribution in [0.1, 0.15) is 10.4 Å². The molecule has 2 aromatic carbocycles. The molecule has 108 valence electrons. The van der Waals surface area contributed by atoms with Gasteiger partial charge in [-0.15, -0.1) is 0 Å². The van der Waals surface area contributed by atoms with Gasteiger partial charge in [-0.2, -0.15) is 0 Å². The van der Waals surface area contributed by atoms with E-state index in [9.17, 15) is 19.3 Å².